The van der Waals surface area contributed by atoms with Gasteiger partial charge in [-0.1, -0.05) is 20.8 Å². The fourth-order valence-electron chi connectivity index (χ4n) is 1.22. The van der Waals surface area contributed by atoms with Crippen molar-refractivity contribution in [3.63, 3.8) is 0 Å². The molecule has 1 N–H and O–H groups in total. The first-order valence-electron chi connectivity index (χ1n) is 6.61. The van der Waals surface area contributed by atoms with Gasteiger partial charge in [0.2, 0.25) is 0 Å². The summed E-state index contributed by atoms with van der Waals surface area (Å²) >= 11 is 0. The molecule has 0 saturated heterocycles. The van der Waals surface area contributed by atoms with E-state index in [2.05, 4.69) is 43.8 Å². The zero-order valence-corrected chi connectivity index (χ0v) is 14.1. The van der Waals surface area contributed by atoms with Gasteiger partial charge in [-0.3, -0.25) is 9.97 Å². The Kier molecular flexibility index (Phi) is 4.54. The fraction of sp³-hybridized carbons (Fsp3) is 0.714. The molecule has 19 heavy (non-hydrogen) atoms. The van der Waals surface area contributed by atoms with Crippen LogP contribution in [0.2, 0.25) is 18.1 Å². The average molecular weight is 282 g/mol. The van der Waals surface area contributed by atoms with Crippen molar-refractivity contribution in [1.29, 1.82) is 0 Å². The minimum atomic E-state index is -1.76. The second-order valence-corrected chi connectivity index (χ2v) is 11.8. The third-order valence-corrected chi connectivity index (χ3v) is 8.20. The highest BCUT2D eigenvalue weighted by molar-refractivity contribution is 6.74. The van der Waals surface area contributed by atoms with Crippen LogP contribution in [0.5, 0.6) is 0 Å². The second-order valence-electron chi connectivity index (χ2n) is 7.00. The van der Waals surface area contributed by atoms with Crippen LogP contribution in [-0.4, -0.2) is 23.4 Å². The van der Waals surface area contributed by atoms with Gasteiger partial charge in [-0.05, 0) is 32.0 Å². The summed E-state index contributed by atoms with van der Waals surface area (Å²) in [5, 5.41) is 10.0. The van der Waals surface area contributed by atoms with E-state index in [9.17, 15) is 5.11 Å². The van der Waals surface area contributed by atoms with Gasteiger partial charge in [-0.2, -0.15) is 0 Å². The fourth-order valence-corrected chi connectivity index (χ4v) is 2.16. The Hall–Kier alpha value is -0.783. The number of hydrogen-bond acceptors (Lipinski definition) is 4. The van der Waals surface area contributed by atoms with Crippen molar-refractivity contribution >= 4 is 8.32 Å². The average Bonchev–Trinajstić information content (AvgIpc) is 2.24. The molecule has 0 aliphatic heterocycles. The quantitative estimate of drug-likeness (QED) is 0.861. The van der Waals surface area contributed by atoms with E-state index in [-0.39, 0.29) is 5.04 Å². The molecule has 5 heteroatoms. The van der Waals surface area contributed by atoms with E-state index in [1.54, 1.807) is 26.2 Å². The first-order chi connectivity index (χ1) is 8.43. The van der Waals surface area contributed by atoms with Gasteiger partial charge in [-0.25, -0.2) is 0 Å². The first kappa shape index (κ1) is 16.3. The molecule has 1 aromatic heterocycles. The van der Waals surface area contributed by atoms with Gasteiger partial charge < -0.3 is 9.53 Å². The summed E-state index contributed by atoms with van der Waals surface area (Å²) < 4.78 is 6.08. The summed E-state index contributed by atoms with van der Waals surface area (Å²) in [5.74, 6) is 0. The van der Waals surface area contributed by atoms with E-state index >= 15 is 0 Å². The van der Waals surface area contributed by atoms with Crippen molar-refractivity contribution < 1.29 is 9.53 Å². The van der Waals surface area contributed by atoms with Crippen LogP contribution in [0.4, 0.5) is 0 Å². The molecule has 0 unspecified atom stereocenters. The molecule has 1 rings (SSSR count). The van der Waals surface area contributed by atoms with E-state index in [0.29, 0.717) is 12.3 Å². The minimum absolute atomic E-state index is 0.188. The molecular formula is C14H26N2O2Si. The van der Waals surface area contributed by atoms with E-state index in [1.165, 1.54) is 0 Å². The van der Waals surface area contributed by atoms with Crippen molar-refractivity contribution in [2.75, 3.05) is 0 Å². The predicted molar refractivity (Wildman–Crippen MR) is 79.3 cm³/mol. The number of aromatic nitrogens is 2. The molecule has 0 aliphatic carbocycles. The Morgan fingerprint density at radius 2 is 1.68 bits per heavy atom. The van der Waals surface area contributed by atoms with Crippen LogP contribution in [0.1, 0.15) is 46.0 Å². The van der Waals surface area contributed by atoms with Crippen LogP contribution in [0.15, 0.2) is 12.4 Å². The molecule has 0 amide bonds. The predicted octanol–water partition coefficient (Wildman–Crippen LogP) is 3.23. The molecule has 108 valence electrons. The summed E-state index contributed by atoms with van der Waals surface area (Å²) in [7, 11) is -1.76. The normalized spacial score (nSPS) is 13.7. The topological polar surface area (TPSA) is 55.2 Å². The summed E-state index contributed by atoms with van der Waals surface area (Å²) in [5.41, 5.74) is 0.424. The molecular weight excluding hydrogens is 256 g/mol. The van der Waals surface area contributed by atoms with E-state index in [0.717, 1.165) is 5.69 Å². The molecule has 4 nitrogen and oxygen atoms in total. The van der Waals surface area contributed by atoms with Gasteiger partial charge in [0.25, 0.3) is 0 Å². The number of aliphatic hydroxyl groups is 1. The highest BCUT2D eigenvalue weighted by Gasteiger charge is 2.37. The Morgan fingerprint density at radius 1 is 1.11 bits per heavy atom. The molecule has 0 fully saturated rings. The summed E-state index contributed by atoms with van der Waals surface area (Å²) in [6.07, 6.45) is 3.30. The molecule has 1 aromatic rings. The molecule has 0 atom stereocenters. The van der Waals surface area contributed by atoms with Crippen molar-refractivity contribution in [3.05, 3.63) is 23.8 Å². The zero-order chi connectivity index (χ0) is 14.9. The SMILES string of the molecule is CC(C)(O)c1cnc(CO[Si](C)(C)C(C)(C)C)cn1. The highest BCUT2D eigenvalue weighted by Crippen LogP contribution is 2.36. The monoisotopic (exact) mass is 282 g/mol. The van der Waals surface area contributed by atoms with Gasteiger partial charge in [0.05, 0.1) is 30.4 Å². The zero-order valence-electron chi connectivity index (χ0n) is 13.1. The Bertz CT molecular complexity index is 417. The van der Waals surface area contributed by atoms with Crippen LogP contribution in [0, 0.1) is 0 Å². The lowest BCUT2D eigenvalue weighted by atomic mass is 10.1. The van der Waals surface area contributed by atoms with Gasteiger partial charge in [0, 0.05) is 0 Å². The van der Waals surface area contributed by atoms with E-state index < -0.39 is 13.9 Å². The lowest BCUT2D eigenvalue weighted by Gasteiger charge is -2.36. The van der Waals surface area contributed by atoms with Crippen molar-refractivity contribution in [1.82, 2.24) is 9.97 Å². The third kappa shape index (κ3) is 4.37. The van der Waals surface area contributed by atoms with Crippen LogP contribution in [-0.2, 0) is 16.6 Å². The smallest absolute Gasteiger partial charge is 0.192 e. The maximum atomic E-state index is 9.82. The van der Waals surface area contributed by atoms with Crippen molar-refractivity contribution in [3.8, 4) is 0 Å². The van der Waals surface area contributed by atoms with Crippen LogP contribution < -0.4 is 0 Å². The van der Waals surface area contributed by atoms with Gasteiger partial charge in [-0.15, -0.1) is 0 Å². The lowest BCUT2D eigenvalue weighted by Crippen LogP contribution is -2.40. The Labute approximate surface area is 117 Å². The van der Waals surface area contributed by atoms with Gasteiger partial charge >= 0.3 is 0 Å². The largest absolute Gasteiger partial charge is 0.411 e. The molecule has 0 bridgehead atoms. The molecule has 0 aliphatic rings. The molecule has 0 spiro atoms. The standard InChI is InChI=1S/C14H26N2O2Si/c1-13(2,3)19(6,7)18-10-11-8-16-12(9-15-11)14(4,5)17/h8-9,17H,10H2,1-7H3. The van der Waals surface area contributed by atoms with Gasteiger partial charge in [0.15, 0.2) is 8.32 Å². The maximum Gasteiger partial charge on any atom is 0.192 e. The van der Waals surface area contributed by atoms with Gasteiger partial charge in [0.1, 0.15) is 5.60 Å². The highest BCUT2D eigenvalue weighted by atomic mass is 28.4. The second kappa shape index (κ2) is 5.30. The van der Waals surface area contributed by atoms with Crippen molar-refractivity contribution in [2.24, 2.45) is 0 Å². The van der Waals surface area contributed by atoms with Crippen molar-refractivity contribution in [2.45, 2.75) is 65.0 Å². The van der Waals surface area contributed by atoms with E-state index in [1.807, 2.05) is 0 Å². The Balaban J connectivity index is 2.70. The lowest BCUT2D eigenvalue weighted by molar-refractivity contribution is 0.0732. The number of rotatable bonds is 4. The third-order valence-electron chi connectivity index (χ3n) is 3.72. The summed E-state index contributed by atoms with van der Waals surface area (Å²) in [6.45, 7) is 14.9. The summed E-state index contributed by atoms with van der Waals surface area (Å²) in [4.78, 5) is 8.54. The minimum Gasteiger partial charge on any atom is -0.411 e. The molecule has 0 aromatic carbocycles. The van der Waals surface area contributed by atoms with E-state index in [4.69, 9.17) is 4.43 Å². The molecule has 0 saturated carbocycles. The summed E-state index contributed by atoms with van der Waals surface area (Å²) in [6, 6.07) is 0. The number of hydrogen-bond donors (Lipinski definition) is 1. The Morgan fingerprint density at radius 3 is 2.05 bits per heavy atom. The van der Waals surface area contributed by atoms with Crippen LogP contribution in [0.3, 0.4) is 0 Å². The van der Waals surface area contributed by atoms with Crippen LogP contribution >= 0.6 is 0 Å². The molecule has 0 radical (unpaired) electrons. The molecule has 1 heterocycles. The number of nitrogens with zero attached hydrogens (tertiary/aromatic N) is 2. The first-order valence-corrected chi connectivity index (χ1v) is 9.52. The maximum absolute atomic E-state index is 9.82. The van der Waals surface area contributed by atoms with Crippen LogP contribution in [0.25, 0.3) is 0 Å².